The molecule has 0 bridgehead atoms. The molecular weight excluding hydrogens is 617 g/mol. The van der Waals surface area contributed by atoms with Crippen molar-refractivity contribution in [3.63, 3.8) is 0 Å². The zero-order valence-electron chi connectivity index (χ0n) is 24.5. The van der Waals surface area contributed by atoms with E-state index in [1.165, 1.54) is 5.57 Å². The highest BCUT2D eigenvalue weighted by atomic mass is 32.1. The Morgan fingerprint density at radius 2 is 1.78 bits per heavy atom. The molecule has 0 fully saturated rings. The summed E-state index contributed by atoms with van der Waals surface area (Å²) < 4.78 is 40.4. The van der Waals surface area contributed by atoms with Crippen molar-refractivity contribution in [1.82, 2.24) is 10.3 Å². The van der Waals surface area contributed by atoms with Gasteiger partial charge in [0.2, 0.25) is 5.91 Å². The van der Waals surface area contributed by atoms with Gasteiger partial charge in [0.25, 0.3) is 5.91 Å². The maximum absolute atomic E-state index is 13.8. The molecule has 4 aromatic rings. The number of carbonyl (C=O) groups is 3. The fraction of sp³-hybridized carbons (Fsp3) is 0.265. The van der Waals surface area contributed by atoms with Crippen LogP contribution in [0.3, 0.4) is 0 Å². The van der Waals surface area contributed by atoms with E-state index in [9.17, 15) is 32.8 Å². The summed E-state index contributed by atoms with van der Waals surface area (Å²) in [5, 5.41) is 23.6. The third kappa shape index (κ3) is 7.79. The van der Waals surface area contributed by atoms with Crippen molar-refractivity contribution in [2.75, 3.05) is 11.9 Å². The number of benzene rings is 3. The smallest absolute Gasteiger partial charge is 0.416 e. The molecule has 3 aromatic carbocycles. The number of carbonyl (C=O) groups excluding carboxylic acids is 2. The molecule has 1 aromatic heterocycles. The minimum absolute atomic E-state index is 0.00972. The number of anilines is 1. The molecule has 236 valence electrons. The lowest BCUT2D eigenvalue weighted by Crippen LogP contribution is -2.26. The number of aliphatic carboxylic acids is 1. The Balaban J connectivity index is 1.41. The number of rotatable bonds is 10. The first kappa shape index (κ1) is 32.4. The van der Waals surface area contributed by atoms with E-state index in [1.54, 1.807) is 30.3 Å². The highest BCUT2D eigenvalue weighted by molar-refractivity contribution is 7.22. The number of fused-ring (bicyclic) bond motifs is 1. The third-order valence-electron chi connectivity index (χ3n) is 7.74. The van der Waals surface area contributed by atoms with E-state index in [0.717, 1.165) is 60.3 Å². The maximum Gasteiger partial charge on any atom is 0.416 e. The standard InChI is InChI=1S/C34H29F3N4O4S/c35-34(36,37)26-17-25(19-38)30-28(18-26)40-33(46-30)41-32(45)27(23-12-10-22(11-13-23)21-4-2-1-3-5-21)16-20-6-8-24(9-7-20)31(44)39-15-14-29(42)43/h4,6-13,17-18,27H,1-3,5,14-16H2,(H,39,44)(H,42,43)(H,40,41,45). The van der Waals surface area contributed by atoms with Crippen LogP contribution in [0.4, 0.5) is 18.3 Å². The molecule has 0 saturated heterocycles. The van der Waals surface area contributed by atoms with Gasteiger partial charge in [-0.2, -0.15) is 18.4 Å². The van der Waals surface area contributed by atoms with Crippen molar-refractivity contribution >= 4 is 50.0 Å². The Morgan fingerprint density at radius 1 is 1.04 bits per heavy atom. The zero-order chi connectivity index (χ0) is 32.8. The van der Waals surface area contributed by atoms with Gasteiger partial charge in [0.15, 0.2) is 5.13 Å². The SMILES string of the molecule is N#Cc1cc(C(F)(F)F)cc2nc(NC(=O)C(Cc3ccc(C(=O)NCCC(=O)O)cc3)c3ccc(C4=CCCCC4)cc3)sc12. The lowest BCUT2D eigenvalue weighted by atomic mass is 9.88. The number of nitrogens with zero attached hydrogens (tertiary/aromatic N) is 2. The second kappa shape index (κ2) is 14.0. The minimum Gasteiger partial charge on any atom is -0.481 e. The van der Waals surface area contributed by atoms with Gasteiger partial charge in [0.1, 0.15) is 6.07 Å². The molecule has 3 N–H and O–H groups in total. The van der Waals surface area contributed by atoms with Crippen molar-refractivity contribution in [2.24, 2.45) is 0 Å². The van der Waals surface area contributed by atoms with Crippen LogP contribution in [0.2, 0.25) is 0 Å². The van der Waals surface area contributed by atoms with Gasteiger partial charge in [-0.25, -0.2) is 4.98 Å². The first-order valence-corrected chi connectivity index (χ1v) is 15.4. The number of nitriles is 1. The van der Waals surface area contributed by atoms with E-state index in [0.29, 0.717) is 11.1 Å². The van der Waals surface area contributed by atoms with E-state index in [2.05, 4.69) is 21.7 Å². The van der Waals surface area contributed by atoms with Gasteiger partial charge < -0.3 is 15.7 Å². The van der Waals surface area contributed by atoms with Crippen LogP contribution in [-0.4, -0.2) is 34.4 Å². The lowest BCUT2D eigenvalue weighted by Gasteiger charge is -2.18. The highest BCUT2D eigenvalue weighted by Crippen LogP contribution is 2.37. The van der Waals surface area contributed by atoms with E-state index in [1.807, 2.05) is 24.3 Å². The van der Waals surface area contributed by atoms with E-state index >= 15 is 0 Å². The van der Waals surface area contributed by atoms with Crippen molar-refractivity contribution < 1.29 is 32.7 Å². The van der Waals surface area contributed by atoms with Gasteiger partial charge in [-0.05, 0) is 78.6 Å². The van der Waals surface area contributed by atoms with Gasteiger partial charge in [-0.15, -0.1) is 0 Å². The van der Waals surface area contributed by atoms with Crippen molar-refractivity contribution in [3.05, 3.63) is 100 Å². The predicted octanol–water partition coefficient (Wildman–Crippen LogP) is 7.31. The average molecular weight is 647 g/mol. The lowest BCUT2D eigenvalue weighted by molar-refractivity contribution is -0.138. The molecule has 1 unspecified atom stereocenters. The monoisotopic (exact) mass is 646 g/mol. The van der Waals surface area contributed by atoms with Crippen LogP contribution in [0.5, 0.6) is 0 Å². The topological polar surface area (TPSA) is 132 Å². The molecule has 12 heteroatoms. The van der Waals surface area contributed by atoms with Crippen LogP contribution in [0.15, 0.2) is 66.7 Å². The summed E-state index contributed by atoms with van der Waals surface area (Å²) in [5.74, 6) is -2.60. The second-order valence-corrected chi connectivity index (χ2v) is 11.9. The zero-order valence-corrected chi connectivity index (χ0v) is 25.3. The number of carboxylic acid groups (broad SMARTS) is 1. The van der Waals surface area contributed by atoms with Crippen LogP contribution in [0, 0.1) is 11.3 Å². The molecule has 46 heavy (non-hydrogen) atoms. The maximum atomic E-state index is 13.8. The van der Waals surface area contributed by atoms with Crippen molar-refractivity contribution in [3.8, 4) is 6.07 Å². The number of thiazole rings is 1. The van der Waals surface area contributed by atoms with E-state index in [4.69, 9.17) is 5.11 Å². The summed E-state index contributed by atoms with van der Waals surface area (Å²) in [6, 6.07) is 17.8. The molecule has 0 aliphatic heterocycles. The molecule has 0 spiro atoms. The second-order valence-electron chi connectivity index (χ2n) is 10.9. The predicted molar refractivity (Wildman–Crippen MR) is 168 cm³/mol. The number of aromatic nitrogens is 1. The molecule has 5 rings (SSSR count). The fourth-order valence-corrected chi connectivity index (χ4v) is 6.24. The van der Waals surface area contributed by atoms with E-state index in [-0.39, 0.29) is 40.3 Å². The number of nitrogens with one attached hydrogen (secondary N) is 2. The van der Waals surface area contributed by atoms with Gasteiger partial charge in [0.05, 0.1) is 33.7 Å². The Kier molecular flexibility index (Phi) is 9.82. The third-order valence-corrected chi connectivity index (χ3v) is 8.76. The normalized spacial score (nSPS) is 13.8. The number of alkyl halides is 3. The van der Waals surface area contributed by atoms with Crippen LogP contribution in [0.25, 0.3) is 15.8 Å². The Morgan fingerprint density at radius 3 is 2.41 bits per heavy atom. The Hall–Kier alpha value is -5.02. The summed E-state index contributed by atoms with van der Waals surface area (Å²) in [6.07, 6.45) is 1.89. The van der Waals surface area contributed by atoms with E-state index < -0.39 is 35.4 Å². The number of amides is 2. The molecule has 1 aliphatic carbocycles. The molecule has 2 amide bonds. The fourth-order valence-electron chi connectivity index (χ4n) is 5.33. The summed E-state index contributed by atoms with van der Waals surface area (Å²) >= 11 is 0.928. The molecule has 1 atom stereocenters. The molecule has 1 aliphatic rings. The number of halogens is 3. The minimum atomic E-state index is -4.66. The first-order valence-electron chi connectivity index (χ1n) is 14.6. The molecule has 1 heterocycles. The van der Waals surface area contributed by atoms with Gasteiger partial charge in [-0.3, -0.25) is 14.4 Å². The van der Waals surface area contributed by atoms with Crippen LogP contribution < -0.4 is 10.6 Å². The summed E-state index contributed by atoms with van der Waals surface area (Å²) in [4.78, 5) is 41.1. The summed E-state index contributed by atoms with van der Waals surface area (Å²) in [7, 11) is 0. The molecular formula is C34H29F3N4O4S. The number of carboxylic acids is 1. The number of hydrogen-bond donors (Lipinski definition) is 3. The van der Waals surface area contributed by atoms with Crippen molar-refractivity contribution in [1.29, 1.82) is 5.26 Å². The Bertz CT molecular complexity index is 1840. The molecule has 8 nitrogen and oxygen atoms in total. The van der Waals surface area contributed by atoms with Crippen LogP contribution in [0.1, 0.15) is 76.2 Å². The largest absolute Gasteiger partial charge is 0.481 e. The molecule has 0 saturated carbocycles. The summed E-state index contributed by atoms with van der Waals surface area (Å²) in [5.41, 5.74) is 2.92. The van der Waals surface area contributed by atoms with Gasteiger partial charge >= 0.3 is 12.1 Å². The van der Waals surface area contributed by atoms with Gasteiger partial charge in [0, 0.05) is 12.1 Å². The van der Waals surface area contributed by atoms with Crippen molar-refractivity contribution in [2.45, 2.75) is 50.6 Å². The summed E-state index contributed by atoms with van der Waals surface area (Å²) in [6.45, 7) is -0.00972. The average Bonchev–Trinajstić information content (AvgIpc) is 3.45. The first-order chi connectivity index (χ1) is 22.0. The Labute approximate surface area is 266 Å². The quantitative estimate of drug-likeness (QED) is 0.166. The van der Waals surface area contributed by atoms with Gasteiger partial charge in [-0.1, -0.05) is 53.8 Å². The molecule has 0 radical (unpaired) electrons. The number of allylic oxidation sites excluding steroid dienone is 2. The number of hydrogen-bond acceptors (Lipinski definition) is 6. The van der Waals surface area contributed by atoms with Crippen LogP contribution >= 0.6 is 11.3 Å². The van der Waals surface area contributed by atoms with Crippen LogP contribution in [-0.2, 0) is 22.2 Å². The highest BCUT2D eigenvalue weighted by Gasteiger charge is 2.32.